The Bertz CT molecular complexity index is 2910. The van der Waals surface area contributed by atoms with Crippen molar-refractivity contribution in [3.63, 3.8) is 0 Å². The van der Waals surface area contributed by atoms with Crippen LogP contribution >= 0.6 is 0 Å². The Morgan fingerprint density at radius 1 is 1.03 bits per heavy atom. The summed E-state index contributed by atoms with van der Waals surface area (Å²) in [6, 6.07) is 3.54. The molecule has 2 aliphatic rings. The van der Waals surface area contributed by atoms with E-state index in [1.54, 1.807) is 39.8 Å². The standard InChI is InChI=1S/C48H58FN9O10S/c1-6-48(65)34-19-38-41-32(24-58(38)45(63)33(34)25-68-46(48)64)29(31-18-27(4)35(49)20-37(31)56-41)14-11-17-52-39(59)23-53-43(61)36(15-9-10-16-50)57-44(62)40(26(2)3)30(42(51)60)13-8-7-12-28-21-54-47(55-22-28)69(5,66)67/h18-22,26,30,36,40,65H,6,8-11,13-17,23-25,50H2,1-5H3,(H2,51,60)(H,52,59)(H,53,61)(H,57,62)/t30?,36-,40-,48-/m0/s1. The van der Waals surface area contributed by atoms with Crippen LogP contribution in [0, 0.1) is 42.3 Å². The van der Waals surface area contributed by atoms with Gasteiger partial charge in [-0.2, -0.15) is 0 Å². The number of amides is 4. The Kier molecular flexibility index (Phi) is 16.3. The summed E-state index contributed by atoms with van der Waals surface area (Å²) in [7, 11) is -3.59. The van der Waals surface area contributed by atoms with Gasteiger partial charge in [0.25, 0.3) is 5.56 Å². The molecule has 0 aliphatic carbocycles. The summed E-state index contributed by atoms with van der Waals surface area (Å²) < 4.78 is 45.0. The first-order chi connectivity index (χ1) is 32.7. The maximum Gasteiger partial charge on any atom is 0.343 e. The number of cyclic esters (lactones) is 1. The number of sulfone groups is 1. The van der Waals surface area contributed by atoms with E-state index in [1.807, 2.05) is 0 Å². The SMILES string of the molecule is CC[C@@]1(O)C(=O)OCc2c1cc1n(c2=O)Cc2c-1nc1cc(F)c(C)cc1c2CCCNC(=O)CNC(=O)[C@H](CCCCN)NC(=O)[C@@H](C(C)C)C(CCC#Cc1cnc(S(C)(=O)=O)nc1)C(N)=O. The lowest BCUT2D eigenvalue weighted by Gasteiger charge is -2.31. The average Bonchev–Trinajstić information content (AvgIpc) is 3.67. The van der Waals surface area contributed by atoms with E-state index in [1.165, 1.54) is 23.0 Å². The number of esters is 1. The van der Waals surface area contributed by atoms with Crippen LogP contribution in [0.3, 0.4) is 0 Å². The van der Waals surface area contributed by atoms with Crippen molar-refractivity contribution in [1.29, 1.82) is 0 Å². The average molecular weight is 972 g/mol. The molecule has 0 bridgehead atoms. The Morgan fingerprint density at radius 2 is 1.75 bits per heavy atom. The number of aliphatic hydroxyl groups is 1. The maximum absolute atomic E-state index is 15.0. The second-order valence-electron chi connectivity index (χ2n) is 17.8. The van der Waals surface area contributed by atoms with Crippen LogP contribution in [-0.2, 0) is 63.7 Å². The number of carbonyl (C=O) groups excluding carboxylic acids is 5. The number of nitrogens with one attached hydrogen (secondary N) is 3. The van der Waals surface area contributed by atoms with Gasteiger partial charge in [-0.15, -0.1) is 0 Å². The van der Waals surface area contributed by atoms with Gasteiger partial charge in [0.2, 0.25) is 38.6 Å². The van der Waals surface area contributed by atoms with Crippen LogP contribution in [0.2, 0.25) is 0 Å². The monoisotopic (exact) mass is 971 g/mol. The van der Waals surface area contributed by atoms with Crippen molar-refractivity contribution in [2.24, 2.45) is 29.2 Å². The van der Waals surface area contributed by atoms with Crippen LogP contribution in [0.1, 0.15) is 99.1 Å². The summed E-state index contributed by atoms with van der Waals surface area (Å²) in [5.74, 6) is -0.299. The molecule has 368 valence electrons. The first-order valence-corrected chi connectivity index (χ1v) is 24.7. The molecule has 0 fully saturated rings. The number of hydrogen-bond acceptors (Lipinski definition) is 14. The normalized spacial score (nSPS) is 16.3. The molecule has 4 atom stereocenters. The number of nitrogens with zero attached hydrogens (tertiary/aromatic N) is 4. The van der Waals surface area contributed by atoms with Gasteiger partial charge in [0.05, 0.1) is 53.0 Å². The Balaban J connectivity index is 1.09. The minimum atomic E-state index is -3.59. The molecule has 0 saturated carbocycles. The number of primary amides is 1. The Hall–Kier alpha value is -6.63. The predicted octanol–water partition coefficient (Wildman–Crippen LogP) is 1.71. The summed E-state index contributed by atoms with van der Waals surface area (Å²) in [6.07, 6.45) is 5.77. The summed E-state index contributed by atoms with van der Waals surface area (Å²) in [4.78, 5) is 92.3. The zero-order valence-electron chi connectivity index (χ0n) is 39.2. The topological polar surface area (TPSA) is 298 Å². The first kappa shape index (κ1) is 51.8. The molecule has 0 radical (unpaired) electrons. The molecule has 69 heavy (non-hydrogen) atoms. The Labute approximate surface area is 398 Å². The fourth-order valence-corrected chi connectivity index (χ4v) is 9.35. The zero-order chi connectivity index (χ0) is 50.4. The van der Waals surface area contributed by atoms with E-state index in [2.05, 4.69) is 37.8 Å². The minimum Gasteiger partial charge on any atom is -0.458 e. The number of unbranched alkanes of at least 4 members (excludes halogenated alkanes) is 1. The lowest BCUT2D eigenvalue weighted by Crippen LogP contribution is -2.52. The van der Waals surface area contributed by atoms with Crippen LogP contribution in [0.4, 0.5) is 4.39 Å². The van der Waals surface area contributed by atoms with Gasteiger partial charge < -0.3 is 41.8 Å². The lowest BCUT2D eigenvalue weighted by atomic mass is 9.79. The molecule has 4 amide bonds. The number of aryl methyl sites for hydroxylation is 2. The Morgan fingerprint density at radius 3 is 2.41 bits per heavy atom. The molecule has 5 heterocycles. The van der Waals surface area contributed by atoms with Crippen molar-refractivity contribution in [1.82, 2.24) is 35.5 Å². The number of halogens is 1. The summed E-state index contributed by atoms with van der Waals surface area (Å²) in [5, 5.41) is 19.8. The first-order valence-electron chi connectivity index (χ1n) is 22.8. The number of pyridine rings is 2. The van der Waals surface area contributed by atoms with Gasteiger partial charge in [0.1, 0.15) is 18.5 Å². The molecule has 3 aromatic heterocycles. The molecule has 2 aliphatic heterocycles. The number of ether oxygens (including phenoxy) is 1. The second kappa shape index (κ2) is 21.8. The highest BCUT2D eigenvalue weighted by Gasteiger charge is 2.45. The van der Waals surface area contributed by atoms with Gasteiger partial charge in [0.15, 0.2) is 5.60 Å². The third-order valence-electron chi connectivity index (χ3n) is 12.6. The molecule has 0 saturated heterocycles. The van der Waals surface area contributed by atoms with Gasteiger partial charge in [-0.25, -0.2) is 32.6 Å². The molecular formula is C48H58FN9O10S. The number of fused-ring (bicyclic) bond motifs is 5. The molecule has 19 nitrogen and oxygen atoms in total. The van der Waals surface area contributed by atoms with E-state index < -0.39 is 80.8 Å². The number of hydrogen-bond donors (Lipinski definition) is 6. The van der Waals surface area contributed by atoms with Gasteiger partial charge in [-0.3, -0.25) is 24.0 Å². The highest BCUT2D eigenvalue weighted by molar-refractivity contribution is 7.90. The minimum absolute atomic E-state index is 0.0259. The molecule has 6 rings (SSSR count). The van der Waals surface area contributed by atoms with Crippen molar-refractivity contribution in [3.05, 3.63) is 80.1 Å². The molecule has 4 aromatic rings. The molecule has 0 spiro atoms. The van der Waals surface area contributed by atoms with Crippen LogP contribution in [0.15, 0.2) is 40.5 Å². The lowest BCUT2D eigenvalue weighted by molar-refractivity contribution is -0.172. The van der Waals surface area contributed by atoms with Crippen LogP contribution in [0.5, 0.6) is 0 Å². The van der Waals surface area contributed by atoms with Crippen molar-refractivity contribution >= 4 is 50.3 Å². The van der Waals surface area contributed by atoms with Crippen LogP contribution in [0.25, 0.3) is 22.3 Å². The molecule has 8 N–H and O–H groups in total. The summed E-state index contributed by atoms with van der Waals surface area (Å²) in [5.41, 5.74) is 12.8. The number of nitrogens with two attached hydrogens (primary N) is 2. The largest absolute Gasteiger partial charge is 0.458 e. The second-order valence-corrected chi connectivity index (χ2v) is 19.7. The van der Waals surface area contributed by atoms with Crippen molar-refractivity contribution < 1.29 is 46.6 Å². The van der Waals surface area contributed by atoms with E-state index in [0.29, 0.717) is 71.2 Å². The number of carbonyl (C=O) groups is 5. The third-order valence-corrected chi connectivity index (χ3v) is 13.5. The van der Waals surface area contributed by atoms with E-state index in [-0.39, 0.29) is 67.6 Å². The third kappa shape index (κ3) is 11.5. The van der Waals surface area contributed by atoms with Crippen molar-refractivity contribution in [2.75, 3.05) is 25.9 Å². The van der Waals surface area contributed by atoms with Gasteiger partial charge >= 0.3 is 5.97 Å². The molecule has 1 unspecified atom stereocenters. The number of rotatable bonds is 20. The molecule has 1 aromatic carbocycles. The molecular weight excluding hydrogens is 914 g/mol. The highest BCUT2D eigenvalue weighted by atomic mass is 32.2. The molecule has 21 heteroatoms. The smallest absolute Gasteiger partial charge is 0.343 e. The highest BCUT2D eigenvalue weighted by Crippen LogP contribution is 2.41. The maximum atomic E-state index is 15.0. The fraction of sp³-hybridized carbons (Fsp3) is 0.479. The van der Waals surface area contributed by atoms with Crippen LogP contribution < -0.4 is 33.0 Å². The van der Waals surface area contributed by atoms with Crippen molar-refractivity contribution in [3.8, 4) is 23.2 Å². The van der Waals surface area contributed by atoms with E-state index >= 15 is 0 Å². The van der Waals surface area contributed by atoms with Gasteiger partial charge in [-0.1, -0.05) is 32.6 Å². The van der Waals surface area contributed by atoms with Gasteiger partial charge in [-0.05, 0) is 87.6 Å². The number of benzene rings is 1. The fourth-order valence-electron chi connectivity index (χ4n) is 8.87. The van der Waals surface area contributed by atoms with E-state index in [4.69, 9.17) is 21.2 Å². The quantitative estimate of drug-likeness (QED) is 0.0280. The van der Waals surface area contributed by atoms with Gasteiger partial charge in [0, 0.05) is 54.2 Å². The van der Waals surface area contributed by atoms with Crippen molar-refractivity contribution in [2.45, 2.75) is 109 Å². The predicted molar refractivity (Wildman–Crippen MR) is 251 cm³/mol. The zero-order valence-corrected chi connectivity index (χ0v) is 40.1. The number of aromatic nitrogens is 4. The van der Waals surface area contributed by atoms with E-state index in [9.17, 15) is 46.7 Å². The van der Waals surface area contributed by atoms with Crippen LogP contribution in [-0.4, -0.2) is 94.6 Å². The summed E-state index contributed by atoms with van der Waals surface area (Å²) in [6.45, 7) is 6.71. The summed E-state index contributed by atoms with van der Waals surface area (Å²) >= 11 is 0. The van der Waals surface area contributed by atoms with E-state index in [0.717, 1.165) is 11.8 Å².